The molecule has 214 valence electrons. The lowest BCUT2D eigenvalue weighted by atomic mass is 10.1. The van der Waals surface area contributed by atoms with Gasteiger partial charge in [0.15, 0.2) is 11.5 Å². The molecule has 0 aliphatic heterocycles. The van der Waals surface area contributed by atoms with Crippen molar-refractivity contribution in [2.45, 2.75) is 19.4 Å². The fraction of sp³-hybridized carbons (Fsp3) is 0.267. The molecule has 3 aromatic carbocycles. The Morgan fingerprint density at radius 3 is 2.39 bits per heavy atom. The van der Waals surface area contributed by atoms with Gasteiger partial charge in [0.1, 0.15) is 11.6 Å². The summed E-state index contributed by atoms with van der Waals surface area (Å²) in [5.41, 5.74) is 2.87. The zero-order valence-electron chi connectivity index (χ0n) is 22.8. The summed E-state index contributed by atoms with van der Waals surface area (Å²) in [6.45, 7) is 0.873. The number of carbonyl (C=O) groups is 2. The first-order valence-corrected chi connectivity index (χ1v) is 14.6. The molecule has 0 atom stereocenters. The van der Waals surface area contributed by atoms with Gasteiger partial charge in [-0.05, 0) is 41.8 Å². The normalized spacial score (nSPS) is 10.7. The molecule has 0 radical (unpaired) electrons. The molecule has 9 nitrogen and oxygen atoms in total. The Labute approximate surface area is 251 Å². The molecule has 0 aliphatic carbocycles. The van der Waals surface area contributed by atoms with Crippen LogP contribution in [-0.2, 0) is 27.4 Å². The lowest BCUT2D eigenvalue weighted by molar-refractivity contribution is -0.136. The molecule has 2 amide bonds. The summed E-state index contributed by atoms with van der Waals surface area (Å²) < 4.78 is 17.4. The van der Waals surface area contributed by atoms with Crippen molar-refractivity contribution in [3.05, 3.63) is 88.4 Å². The number of carbonyl (C=O) groups excluding carboxylic acids is 2. The summed E-state index contributed by atoms with van der Waals surface area (Å²) in [6, 6.07) is 23.0. The number of ether oxygens (including phenoxy) is 3. The van der Waals surface area contributed by atoms with Gasteiger partial charge in [0, 0.05) is 29.5 Å². The fourth-order valence-corrected chi connectivity index (χ4v) is 5.01. The third-order valence-electron chi connectivity index (χ3n) is 6.18. The highest BCUT2D eigenvalue weighted by atomic mass is 79.9. The third kappa shape index (κ3) is 9.10. The van der Waals surface area contributed by atoms with Crippen LogP contribution in [0.3, 0.4) is 0 Å². The summed E-state index contributed by atoms with van der Waals surface area (Å²) in [4.78, 5) is 27.6. The van der Waals surface area contributed by atoms with Gasteiger partial charge in [0.25, 0.3) is 0 Å². The van der Waals surface area contributed by atoms with Crippen LogP contribution in [0.1, 0.15) is 17.5 Å². The van der Waals surface area contributed by atoms with Crippen LogP contribution in [0.15, 0.2) is 77.3 Å². The summed E-state index contributed by atoms with van der Waals surface area (Å²) in [7, 11) is 3.17. The Morgan fingerprint density at radius 2 is 1.66 bits per heavy atom. The molecule has 0 saturated heterocycles. The molecule has 1 heterocycles. The van der Waals surface area contributed by atoms with E-state index in [9.17, 15) is 9.59 Å². The monoisotopic (exact) mass is 638 g/mol. The van der Waals surface area contributed by atoms with Crippen LogP contribution >= 0.6 is 27.3 Å². The van der Waals surface area contributed by atoms with E-state index < -0.39 is 0 Å². The predicted molar refractivity (Wildman–Crippen MR) is 162 cm³/mol. The van der Waals surface area contributed by atoms with Gasteiger partial charge in [-0.15, -0.1) is 10.2 Å². The van der Waals surface area contributed by atoms with E-state index >= 15 is 0 Å². The number of benzene rings is 3. The maximum Gasteiger partial charge on any atom is 0.248 e. The van der Waals surface area contributed by atoms with Crippen LogP contribution in [0.2, 0.25) is 0 Å². The van der Waals surface area contributed by atoms with Crippen molar-refractivity contribution >= 4 is 44.2 Å². The van der Waals surface area contributed by atoms with Crippen molar-refractivity contribution in [3.8, 4) is 22.1 Å². The lowest BCUT2D eigenvalue weighted by Crippen LogP contribution is -2.37. The molecule has 4 aromatic rings. The van der Waals surface area contributed by atoms with E-state index in [4.69, 9.17) is 14.2 Å². The maximum absolute atomic E-state index is 13.1. The summed E-state index contributed by atoms with van der Waals surface area (Å²) in [5, 5.41) is 12.2. The molecule has 0 spiro atoms. The highest BCUT2D eigenvalue weighted by Gasteiger charge is 2.17. The fourth-order valence-electron chi connectivity index (χ4n) is 3.98. The SMILES string of the molecule is COc1ccc(CCN(CCC(=O)Nc2nnc(-c3ccc(Br)cc3)s2)C(=O)COCc2ccccc2)cc1OC. The van der Waals surface area contributed by atoms with Crippen LogP contribution in [0.4, 0.5) is 5.13 Å². The number of nitrogens with zero attached hydrogens (tertiary/aromatic N) is 3. The van der Waals surface area contributed by atoms with Crippen molar-refractivity contribution in [1.82, 2.24) is 15.1 Å². The molecule has 0 saturated carbocycles. The minimum Gasteiger partial charge on any atom is -0.493 e. The van der Waals surface area contributed by atoms with Gasteiger partial charge in [0.2, 0.25) is 16.9 Å². The van der Waals surface area contributed by atoms with Crippen LogP contribution in [0, 0.1) is 0 Å². The number of hydrogen-bond donors (Lipinski definition) is 1. The maximum atomic E-state index is 13.1. The number of anilines is 1. The first-order valence-electron chi connectivity index (χ1n) is 12.9. The molecule has 1 aromatic heterocycles. The Morgan fingerprint density at radius 1 is 0.902 bits per heavy atom. The summed E-state index contributed by atoms with van der Waals surface area (Å²) in [5.74, 6) is 0.809. The van der Waals surface area contributed by atoms with Crippen molar-refractivity contribution < 1.29 is 23.8 Å². The number of nitrogens with one attached hydrogen (secondary N) is 1. The van der Waals surface area contributed by atoms with E-state index in [0.717, 1.165) is 21.2 Å². The minimum atomic E-state index is -0.252. The number of aromatic nitrogens is 2. The number of rotatable bonds is 14. The Kier molecular flexibility index (Phi) is 11.2. The van der Waals surface area contributed by atoms with Gasteiger partial charge in [-0.25, -0.2) is 0 Å². The molecule has 0 fully saturated rings. The minimum absolute atomic E-state index is 0.0879. The Bertz CT molecular complexity index is 1430. The average molecular weight is 640 g/mol. The van der Waals surface area contributed by atoms with Crippen molar-refractivity contribution in [2.75, 3.05) is 39.2 Å². The number of hydrogen-bond acceptors (Lipinski definition) is 8. The second-order valence-corrected chi connectivity index (χ2v) is 10.9. The molecular formula is C30H31BrN4O5S. The molecule has 11 heteroatoms. The van der Waals surface area contributed by atoms with Crippen LogP contribution in [0.25, 0.3) is 10.6 Å². The molecule has 41 heavy (non-hydrogen) atoms. The average Bonchev–Trinajstić information content (AvgIpc) is 3.46. The van der Waals surface area contributed by atoms with Gasteiger partial charge in [-0.2, -0.15) is 0 Å². The molecular weight excluding hydrogens is 608 g/mol. The second-order valence-electron chi connectivity index (χ2n) is 9.02. The van der Waals surface area contributed by atoms with E-state index in [1.807, 2.05) is 72.8 Å². The second kappa shape index (κ2) is 15.3. The lowest BCUT2D eigenvalue weighted by Gasteiger charge is -2.23. The standard InChI is InChI=1S/C30H31BrN4O5S/c1-38-25-13-8-21(18-26(25)39-2)14-16-35(28(37)20-40-19-22-6-4-3-5-7-22)17-15-27(36)32-30-34-33-29(41-30)23-9-11-24(31)12-10-23/h3-13,18H,14-17,19-20H2,1-2H3,(H,32,34,36). The first kappa shape index (κ1) is 30.2. The van der Waals surface area contributed by atoms with Gasteiger partial charge in [0.05, 0.1) is 20.8 Å². The Balaban J connectivity index is 1.35. The topological polar surface area (TPSA) is 103 Å². The molecule has 0 bridgehead atoms. The van der Waals surface area contributed by atoms with E-state index in [0.29, 0.717) is 41.2 Å². The largest absolute Gasteiger partial charge is 0.493 e. The molecule has 4 rings (SSSR count). The van der Waals surface area contributed by atoms with E-state index in [-0.39, 0.29) is 31.4 Å². The Hall–Kier alpha value is -3.80. The zero-order valence-corrected chi connectivity index (χ0v) is 25.2. The van der Waals surface area contributed by atoms with E-state index in [2.05, 4.69) is 31.4 Å². The number of halogens is 1. The predicted octanol–water partition coefficient (Wildman–Crippen LogP) is 5.60. The zero-order chi connectivity index (χ0) is 29.0. The van der Waals surface area contributed by atoms with Crippen molar-refractivity contribution in [3.63, 3.8) is 0 Å². The highest BCUT2D eigenvalue weighted by Crippen LogP contribution is 2.28. The van der Waals surface area contributed by atoms with Crippen molar-refractivity contribution in [1.29, 1.82) is 0 Å². The van der Waals surface area contributed by atoms with Crippen molar-refractivity contribution in [2.24, 2.45) is 0 Å². The first-order chi connectivity index (χ1) is 19.9. The van der Waals surface area contributed by atoms with E-state index in [1.54, 1.807) is 19.1 Å². The van der Waals surface area contributed by atoms with Crippen LogP contribution < -0.4 is 14.8 Å². The summed E-state index contributed by atoms with van der Waals surface area (Å²) in [6.07, 6.45) is 0.670. The number of methoxy groups -OCH3 is 2. The molecule has 0 aliphatic rings. The highest BCUT2D eigenvalue weighted by molar-refractivity contribution is 9.10. The molecule has 0 unspecified atom stereocenters. The third-order valence-corrected chi connectivity index (χ3v) is 7.60. The van der Waals surface area contributed by atoms with Gasteiger partial charge < -0.3 is 24.4 Å². The molecule has 1 N–H and O–H groups in total. The van der Waals surface area contributed by atoms with Gasteiger partial charge in [-0.1, -0.05) is 75.8 Å². The van der Waals surface area contributed by atoms with E-state index in [1.165, 1.54) is 11.3 Å². The van der Waals surface area contributed by atoms with Gasteiger partial charge >= 0.3 is 0 Å². The quantitative estimate of drug-likeness (QED) is 0.192. The smallest absolute Gasteiger partial charge is 0.248 e. The summed E-state index contributed by atoms with van der Waals surface area (Å²) >= 11 is 4.71. The number of amides is 2. The van der Waals surface area contributed by atoms with Gasteiger partial charge in [-0.3, -0.25) is 9.59 Å². The van der Waals surface area contributed by atoms with Crippen LogP contribution in [-0.4, -0.2) is 60.8 Å². The van der Waals surface area contributed by atoms with Crippen LogP contribution in [0.5, 0.6) is 11.5 Å².